The molecule has 1 aliphatic rings. The fourth-order valence-electron chi connectivity index (χ4n) is 1.65. The van der Waals surface area contributed by atoms with Crippen LogP contribution in [0.3, 0.4) is 0 Å². The van der Waals surface area contributed by atoms with Crippen molar-refractivity contribution in [2.24, 2.45) is 11.8 Å². The Labute approximate surface area is 75.6 Å². The Morgan fingerprint density at radius 2 is 1.92 bits per heavy atom. The Hall–Kier alpha value is -0.0800. The van der Waals surface area contributed by atoms with Gasteiger partial charge in [-0.1, -0.05) is 13.8 Å². The molecule has 0 heterocycles. The van der Waals surface area contributed by atoms with Crippen LogP contribution in [0.4, 0.5) is 0 Å². The van der Waals surface area contributed by atoms with Crippen molar-refractivity contribution in [2.45, 2.75) is 32.8 Å². The van der Waals surface area contributed by atoms with Gasteiger partial charge in [-0.25, -0.2) is 0 Å². The number of likely N-dealkylation sites (N-methyl/N-ethyl adjacent to an activating group) is 1. The largest absolute Gasteiger partial charge is 0.392 e. The highest BCUT2D eigenvalue weighted by atomic mass is 16.3. The van der Waals surface area contributed by atoms with Crippen LogP contribution in [0.1, 0.15) is 26.7 Å². The maximum atomic E-state index is 9.63. The third kappa shape index (κ3) is 3.55. The van der Waals surface area contributed by atoms with Gasteiger partial charge in [-0.15, -0.1) is 0 Å². The van der Waals surface area contributed by atoms with Crippen molar-refractivity contribution in [3.63, 3.8) is 0 Å². The summed E-state index contributed by atoms with van der Waals surface area (Å²) >= 11 is 0. The number of rotatable bonds is 5. The molecule has 0 aromatic heterocycles. The van der Waals surface area contributed by atoms with E-state index in [9.17, 15) is 5.11 Å². The molecule has 1 unspecified atom stereocenters. The maximum absolute atomic E-state index is 9.63. The van der Waals surface area contributed by atoms with E-state index in [1.54, 1.807) is 0 Å². The molecule has 2 nitrogen and oxygen atoms in total. The topological polar surface area (TPSA) is 23.5 Å². The number of aliphatic hydroxyl groups is 1. The lowest BCUT2D eigenvalue weighted by molar-refractivity contribution is 0.102. The molecule has 1 atom stereocenters. The molecule has 0 aliphatic heterocycles. The van der Waals surface area contributed by atoms with E-state index in [2.05, 4.69) is 25.8 Å². The van der Waals surface area contributed by atoms with Crippen LogP contribution in [0, 0.1) is 11.8 Å². The average Bonchev–Trinajstić information content (AvgIpc) is 2.63. The first-order chi connectivity index (χ1) is 5.59. The minimum atomic E-state index is -0.0752. The zero-order chi connectivity index (χ0) is 9.14. The van der Waals surface area contributed by atoms with Crippen molar-refractivity contribution >= 4 is 0 Å². The van der Waals surface area contributed by atoms with Crippen LogP contribution in [0.2, 0.25) is 0 Å². The Morgan fingerprint density at radius 1 is 1.33 bits per heavy atom. The van der Waals surface area contributed by atoms with Gasteiger partial charge in [0.25, 0.3) is 0 Å². The molecule has 0 aromatic carbocycles. The predicted octanol–water partition coefficient (Wildman–Crippen LogP) is 1.35. The van der Waals surface area contributed by atoms with E-state index in [-0.39, 0.29) is 6.10 Å². The molecule has 1 saturated carbocycles. The van der Waals surface area contributed by atoms with Gasteiger partial charge in [-0.3, -0.25) is 0 Å². The third-order valence-electron chi connectivity index (χ3n) is 2.34. The first-order valence-electron chi connectivity index (χ1n) is 4.96. The molecule has 1 aliphatic carbocycles. The minimum absolute atomic E-state index is 0.0752. The fourth-order valence-corrected chi connectivity index (χ4v) is 1.65. The van der Waals surface area contributed by atoms with E-state index in [1.165, 1.54) is 12.8 Å². The normalized spacial score (nSPS) is 20.5. The summed E-state index contributed by atoms with van der Waals surface area (Å²) in [6, 6.07) is 0. The second-order valence-corrected chi connectivity index (χ2v) is 4.52. The van der Waals surface area contributed by atoms with Crippen molar-refractivity contribution < 1.29 is 5.11 Å². The summed E-state index contributed by atoms with van der Waals surface area (Å²) in [5.41, 5.74) is 0. The molecule has 1 N–H and O–H groups in total. The van der Waals surface area contributed by atoms with Gasteiger partial charge < -0.3 is 10.0 Å². The first kappa shape index (κ1) is 10.0. The van der Waals surface area contributed by atoms with Crippen molar-refractivity contribution in [3.8, 4) is 0 Å². The van der Waals surface area contributed by atoms with Crippen molar-refractivity contribution in [1.29, 1.82) is 0 Å². The minimum Gasteiger partial charge on any atom is -0.392 e. The van der Waals surface area contributed by atoms with E-state index < -0.39 is 0 Å². The molecule has 0 spiro atoms. The molecule has 0 saturated heterocycles. The predicted molar refractivity (Wildman–Crippen MR) is 51.1 cm³/mol. The highest BCUT2D eigenvalue weighted by Gasteiger charge is 2.30. The summed E-state index contributed by atoms with van der Waals surface area (Å²) in [5, 5.41) is 9.63. The van der Waals surface area contributed by atoms with Crippen molar-refractivity contribution in [1.82, 2.24) is 4.90 Å². The second-order valence-electron chi connectivity index (χ2n) is 4.52. The quantitative estimate of drug-likeness (QED) is 0.675. The molecule has 1 rings (SSSR count). The van der Waals surface area contributed by atoms with Crippen LogP contribution >= 0.6 is 0 Å². The standard InChI is InChI=1S/C10H21NO/c1-8(2)6-11(3)7-10(12)9-4-5-9/h8-10,12H,4-7H2,1-3H3. The molecule has 0 aromatic rings. The lowest BCUT2D eigenvalue weighted by atomic mass is 10.2. The highest BCUT2D eigenvalue weighted by Crippen LogP contribution is 2.32. The Balaban J connectivity index is 2.11. The number of aliphatic hydroxyl groups excluding tert-OH is 1. The fraction of sp³-hybridized carbons (Fsp3) is 1.00. The zero-order valence-electron chi connectivity index (χ0n) is 8.45. The van der Waals surface area contributed by atoms with Crippen LogP contribution in [0.25, 0.3) is 0 Å². The monoisotopic (exact) mass is 171 g/mol. The summed E-state index contributed by atoms with van der Waals surface area (Å²) in [6.07, 6.45) is 2.39. The van der Waals surface area contributed by atoms with Crippen molar-refractivity contribution in [3.05, 3.63) is 0 Å². The van der Waals surface area contributed by atoms with Crippen LogP contribution in [-0.4, -0.2) is 36.2 Å². The molecule has 2 heteroatoms. The smallest absolute Gasteiger partial charge is 0.0695 e. The molecule has 12 heavy (non-hydrogen) atoms. The average molecular weight is 171 g/mol. The van der Waals surface area contributed by atoms with Crippen LogP contribution in [0.15, 0.2) is 0 Å². The van der Waals surface area contributed by atoms with Gasteiger partial charge in [0.15, 0.2) is 0 Å². The molecule has 72 valence electrons. The SMILES string of the molecule is CC(C)CN(C)CC(O)C1CC1. The Morgan fingerprint density at radius 3 is 2.33 bits per heavy atom. The Bertz CT molecular complexity index is 132. The molecule has 0 amide bonds. The molecule has 0 radical (unpaired) electrons. The summed E-state index contributed by atoms with van der Waals surface area (Å²) in [5.74, 6) is 1.31. The zero-order valence-corrected chi connectivity index (χ0v) is 8.45. The second kappa shape index (κ2) is 4.24. The van der Waals surface area contributed by atoms with Crippen molar-refractivity contribution in [2.75, 3.05) is 20.1 Å². The van der Waals surface area contributed by atoms with Gasteiger partial charge in [0.05, 0.1) is 6.10 Å². The van der Waals surface area contributed by atoms with Crippen LogP contribution < -0.4 is 0 Å². The van der Waals surface area contributed by atoms with Gasteiger partial charge >= 0.3 is 0 Å². The van der Waals surface area contributed by atoms with E-state index in [1.807, 2.05) is 0 Å². The lowest BCUT2D eigenvalue weighted by Crippen LogP contribution is -2.32. The highest BCUT2D eigenvalue weighted by molar-refractivity contribution is 4.82. The van der Waals surface area contributed by atoms with Crippen LogP contribution in [-0.2, 0) is 0 Å². The summed E-state index contributed by atoms with van der Waals surface area (Å²) < 4.78 is 0. The lowest BCUT2D eigenvalue weighted by Gasteiger charge is -2.21. The van der Waals surface area contributed by atoms with E-state index >= 15 is 0 Å². The summed E-state index contributed by atoms with van der Waals surface area (Å²) in [4.78, 5) is 2.23. The summed E-state index contributed by atoms with van der Waals surface area (Å²) in [6.45, 7) is 6.35. The maximum Gasteiger partial charge on any atom is 0.0695 e. The van der Waals surface area contributed by atoms with Gasteiger partial charge in [0, 0.05) is 13.1 Å². The Kier molecular flexibility index (Phi) is 3.53. The van der Waals surface area contributed by atoms with E-state index in [0.717, 1.165) is 13.1 Å². The van der Waals surface area contributed by atoms with Gasteiger partial charge in [0.1, 0.15) is 0 Å². The molecule has 0 bridgehead atoms. The number of nitrogens with zero attached hydrogens (tertiary/aromatic N) is 1. The van der Waals surface area contributed by atoms with E-state index in [0.29, 0.717) is 11.8 Å². The molecule has 1 fully saturated rings. The third-order valence-corrected chi connectivity index (χ3v) is 2.34. The van der Waals surface area contributed by atoms with Gasteiger partial charge in [-0.05, 0) is 31.7 Å². The number of hydrogen-bond acceptors (Lipinski definition) is 2. The summed E-state index contributed by atoms with van der Waals surface area (Å²) in [7, 11) is 2.09. The molecular formula is C10H21NO. The van der Waals surface area contributed by atoms with Gasteiger partial charge in [0.2, 0.25) is 0 Å². The van der Waals surface area contributed by atoms with E-state index in [4.69, 9.17) is 0 Å². The van der Waals surface area contributed by atoms with Gasteiger partial charge in [-0.2, -0.15) is 0 Å². The molecular weight excluding hydrogens is 150 g/mol. The van der Waals surface area contributed by atoms with Crippen LogP contribution in [0.5, 0.6) is 0 Å². The number of hydrogen-bond donors (Lipinski definition) is 1. The first-order valence-corrected chi connectivity index (χ1v) is 4.96.